The highest BCUT2D eigenvalue weighted by Gasteiger charge is 2.42. The van der Waals surface area contributed by atoms with E-state index in [4.69, 9.17) is 14.2 Å². The lowest BCUT2D eigenvalue weighted by molar-refractivity contribution is -0.147. The molecule has 1 atom stereocenters. The average molecular weight is 431 g/mol. The summed E-state index contributed by atoms with van der Waals surface area (Å²) in [5.74, 6) is -2.72. The van der Waals surface area contributed by atoms with E-state index in [2.05, 4.69) is 15.3 Å². The summed E-state index contributed by atoms with van der Waals surface area (Å²) in [5, 5.41) is 25.6. The quantitative estimate of drug-likeness (QED) is 0.482. The van der Waals surface area contributed by atoms with Gasteiger partial charge in [-0.1, -0.05) is 64.9 Å². The Labute approximate surface area is 171 Å². The van der Waals surface area contributed by atoms with Gasteiger partial charge in [0.15, 0.2) is 6.10 Å². The molecule has 0 spiro atoms. The molecule has 0 radical (unpaired) electrons. The van der Waals surface area contributed by atoms with Crippen molar-refractivity contribution in [2.45, 2.75) is 12.3 Å². The summed E-state index contributed by atoms with van der Waals surface area (Å²) >= 11 is 0. The summed E-state index contributed by atoms with van der Waals surface area (Å²) in [7, 11) is 0. The molecule has 0 aliphatic heterocycles. The normalized spacial score (nSPS) is 12.6. The number of hydrogen-bond donors (Lipinski definition) is 2. The van der Waals surface area contributed by atoms with E-state index in [0.29, 0.717) is 5.56 Å². The maximum Gasteiger partial charge on any atom is 0.422 e. The van der Waals surface area contributed by atoms with Crippen molar-refractivity contribution in [3.63, 3.8) is 0 Å². The molecule has 8 nitrogen and oxygen atoms in total. The number of aliphatic carboxylic acids is 1. The fourth-order valence-corrected chi connectivity index (χ4v) is 2.88. The van der Waals surface area contributed by atoms with Crippen molar-refractivity contribution in [3.8, 4) is 34.3 Å². The Balaban J connectivity index is 1.71. The number of aromatic nitrogens is 3. The number of benzene rings is 2. The Bertz CT molecular complexity index is 1220. The van der Waals surface area contributed by atoms with Crippen LogP contribution >= 0.6 is 0 Å². The van der Waals surface area contributed by atoms with E-state index in [1.807, 2.05) is 0 Å². The van der Waals surface area contributed by atoms with Gasteiger partial charge < -0.3 is 19.3 Å². The first kappa shape index (κ1) is 20.3. The van der Waals surface area contributed by atoms with E-state index in [-0.39, 0.29) is 17.0 Å². The molecule has 4 aromatic rings. The molecular weight excluding hydrogens is 419 g/mol. The number of hydrogen-bond acceptors (Lipinski definition) is 7. The molecule has 2 N–H and O–H groups in total. The number of aliphatic hydroxyl groups is 1. The van der Waals surface area contributed by atoms with Crippen molar-refractivity contribution >= 4 is 5.97 Å². The van der Waals surface area contributed by atoms with Gasteiger partial charge in [0.05, 0.1) is 0 Å². The second kappa shape index (κ2) is 7.69. The van der Waals surface area contributed by atoms with Gasteiger partial charge in [-0.05, 0) is 5.56 Å². The number of carbonyl (C=O) groups is 1. The molecule has 0 unspecified atom stereocenters. The first-order valence-electron chi connectivity index (χ1n) is 8.73. The van der Waals surface area contributed by atoms with Crippen LogP contribution in [0.4, 0.5) is 13.2 Å². The maximum atomic E-state index is 13.8. The molecule has 158 valence electrons. The smallest absolute Gasteiger partial charge is 0.422 e. The fourth-order valence-electron chi connectivity index (χ4n) is 2.88. The Kier molecular flexibility index (Phi) is 5.03. The zero-order valence-electron chi connectivity index (χ0n) is 15.4. The molecule has 11 heteroatoms. The zero-order valence-corrected chi connectivity index (χ0v) is 15.4. The summed E-state index contributed by atoms with van der Waals surface area (Å²) in [6.45, 7) is 0. The maximum absolute atomic E-state index is 13.8. The molecule has 0 fully saturated rings. The van der Waals surface area contributed by atoms with Crippen molar-refractivity contribution in [1.29, 1.82) is 0 Å². The van der Waals surface area contributed by atoms with E-state index in [9.17, 15) is 23.1 Å². The van der Waals surface area contributed by atoms with Gasteiger partial charge in [-0.25, -0.2) is 4.79 Å². The van der Waals surface area contributed by atoms with Gasteiger partial charge in [0.1, 0.15) is 11.3 Å². The molecule has 0 aliphatic carbocycles. The summed E-state index contributed by atoms with van der Waals surface area (Å²) < 4.78 is 51.2. The lowest BCUT2D eigenvalue weighted by atomic mass is 10.1. The lowest BCUT2D eigenvalue weighted by Crippen LogP contribution is -2.10. The van der Waals surface area contributed by atoms with Gasteiger partial charge in [0.2, 0.25) is 11.6 Å². The van der Waals surface area contributed by atoms with Gasteiger partial charge in [0.25, 0.3) is 5.89 Å². The van der Waals surface area contributed by atoms with Crippen LogP contribution in [-0.4, -0.2) is 31.5 Å². The number of aliphatic hydroxyl groups excluding tert-OH is 1. The number of nitrogens with zero attached hydrogens (tertiary/aromatic N) is 3. The van der Waals surface area contributed by atoms with Crippen molar-refractivity contribution in [2.24, 2.45) is 0 Å². The van der Waals surface area contributed by atoms with Crippen LogP contribution in [0.3, 0.4) is 0 Å². The molecule has 2 heterocycles. The predicted octanol–water partition coefficient (Wildman–Crippen LogP) is 4.20. The van der Waals surface area contributed by atoms with Gasteiger partial charge >= 0.3 is 12.1 Å². The standard InChI is InChI=1S/C20H12F3N3O5/c21-20(22,23)13-14(10-4-2-1-3-5-10)25-30-16(13)18-24-17(26-31-18)12-8-6-11(7-9-12)15(27)19(28)29/h1-9,15,27H,(H,28,29)/t15-/m0/s1. The molecule has 31 heavy (non-hydrogen) atoms. The van der Waals surface area contributed by atoms with Crippen molar-refractivity contribution in [2.75, 3.05) is 0 Å². The Morgan fingerprint density at radius 2 is 1.61 bits per heavy atom. The van der Waals surface area contributed by atoms with Crippen LogP contribution < -0.4 is 0 Å². The first-order chi connectivity index (χ1) is 14.8. The van der Waals surface area contributed by atoms with E-state index in [0.717, 1.165) is 0 Å². The van der Waals surface area contributed by atoms with Gasteiger partial charge in [-0.15, -0.1) is 0 Å². The Morgan fingerprint density at radius 1 is 0.935 bits per heavy atom. The highest BCUT2D eigenvalue weighted by Crippen LogP contribution is 2.43. The fraction of sp³-hybridized carbons (Fsp3) is 0.100. The van der Waals surface area contributed by atoms with E-state index in [1.165, 1.54) is 36.4 Å². The largest absolute Gasteiger partial charge is 0.479 e. The highest BCUT2D eigenvalue weighted by atomic mass is 19.4. The molecule has 2 aromatic carbocycles. The zero-order chi connectivity index (χ0) is 22.2. The molecule has 0 saturated heterocycles. The minimum Gasteiger partial charge on any atom is -0.479 e. The minimum atomic E-state index is -4.80. The molecule has 0 saturated carbocycles. The Hall–Kier alpha value is -3.99. The second-order valence-electron chi connectivity index (χ2n) is 6.39. The van der Waals surface area contributed by atoms with Gasteiger partial charge in [-0.3, -0.25) is 0 Å². The summed E-state index contributed by atoms with van der Waals surface area (Å²) in [4.78, 5) is 14.8. The monoisotopic (exact) mass is 431 g/mol. The predicted molar refractivity (Wildman–Crippen MR) is 98.3 cm³/mol. The lowest BCUT2D eigenvalue weighted by Gasteiger charge is -2.06. The molecular formula is C20H12F3N3O5. The number of carboxylic acid groups (broad SMARTS) is 1. The average Bonchev–Trinajstić information content (AvgIpc) is 3.41. The summed E-state index contributed by atoms with van der Waals surface area (Å²) in [6.07, 6.45) is -6.51. The third kappa shape index (κ3) is 3.90. The number of alkyl halides is 3. The Morgan fingerprint density at radius 3 is 2.23 bits per heavy atom. The van der Waals surface area contributed by atoms with Crippen molar-refractivity contribution in [3.05, 3.63) is 65.7 Å². The minimum absolute atomic E-state index is 0.0582. The topological polar surface area (TPSA) is 122 Å². The third-order valence-electron chi connectivity index (χ3n) is 4.36. The third-order valence-corrected chi connectivity index (χ3v) is 4.36. The molecule has 0 bridgehead atoms. The SMILES string of the molecule is O=C(O)[C@@H](O)c1ccc(-c2noc(-c3onc(-c4ccccc4)c3C(F)(F)F)n2)cc1. The van der Waals surface area contributed by atoms with E-state index in [1.54, 1.807) is 18.2 Å². The number of halogens is 3. The molecule has 0 amide bonds. The van der Waals surface area contributed by atoms with Crippen molar-refractivity contribution < 1.29 is 37.2 Å². The van der Waals surface area contributed by atoms with Crippen LogP contribution in [0.25, 0.3) is 34.3 Å². The van der Waals surface area contributed by atoms with Gasteiger partial charge in [0, 0.05) is 11.1 Å². The van der Waals surface area contributed by atoms with Crippen LogP contribution in [0.2, 0.25) is 0 Å². The molecule has 4 rings (SSSR count). The highest BCUT2D eigenvalue weighted by molar-refractivity contribution is 5.74. The number of carboxylic acids is 1. The van der Waals surface area contributed by atoms with Crippen molar-refractivity contribution in [1.82, 2.24) is 15.3 Å². The second-order valence-corrected chi connectivity index (χ2v) is 6.39. The summed E-state index contributed by atoms with van der Waals surface area (Å²) in [6, 6.07) is 13.2. The van der Waals surface area contributed by atoms with E-state index >= 15 is 0 Å². The van der Waals surface area contributed by atoms with E-state index < -0.39 is 41.2 Å². The molecule has 2 aromatic heterocycles. The summed E-state index contributed by atoms with van der Waals surface area (Å²) in [5.41, 5.74) is -0.907. The first-order valence-corrected chi connectivity index (χ1v) is 8.73. The van der Waals surface area contributed by atoms with Gasteiger partial charge in [-0.2, -0.15) is 18.2 Å². The number of rotatable bonds is 5. The van der Waals surface area contributed by atoms with Crippen LogP contribution in [0.1, 0.15) is 17.2 Å². The van der Waals surface area contributed by atoms with Crippen LogP contribution in [0, 0.1) is 0 Å². The van der Waals surface area contributed by atoms with Crippen LogP contribution in [0.15, 0.2) is 63.6 Å². The molecule has 0 aliphatic rings. The van der Waals surface area contributed by atoms with Crippen LogP contribution in [-0.2, 0) is 11.0 Å². The van der Waals surface area contributed by atoms with Crippen LogP contribution in [0.5, 0.6) is 0 Å².